The second-order valence-electron chi connectivity index (χ2n) is 13.5. The van der Waals surface area contributed by atoms with Crippen LogP contribution in [0.15, 0.2) is 57.5 Å². The van der Waals surface area contributed by atoms with Crippen molar-refractivity contribution in [2.24, 2.45) is 0 Å². The van der Waals surface area contributed by atoms with E-state index in [-0.39, 0.29) is 39.5 Å². The Labute approximate surface area is 312 Å². The highest BCUT2D eigenvalue weighted by Crippen LogP contribution is 2.20. The van der Waals surface area contributed by atoms with Crippen molar-refractivity contribution in [3.8, 4) is 0 Å². The van der Waals surface area contributed by atoms with Gasteiger partial charge in [0, 0.05) is 36.0 Å². The quantitative estimate of drug-likeness (QED) is 0.0694. The van der Waals surface area contributed by atoms with E-state index >= 15 is 0 Å². The summed E-state index contributed by atoms with van der Waals surface area (Å²) in [6.45, 7) is 10.1. The molecular weight excluding hydrogens is 780 g/mol. The number of methoxy groups -OCH3 is 2. The summed E-state index contributed by atoms with van der Waals surface area (Å²) in [5, 5.41) is 0. The van der Waals surface area contributed by atoms with Gasteiger partial charge in [0.25, 0.3) is 0 Å². The molecule has 2 aromatic rings. The van der Waals surface area contributed by atoms with Crippen molar-refractivity contribution in [2.75, 3.05) is 40.9 Å². The van der Waals surface area contributed by atoms with Crippen molar-refractivity contribution in [3.05, 3.63) is 68.6 Å². The van der Waals surface area contributed by atoms with Crippen LogP contribution >= 0.6 is 31.9 Å². The van der Waals surface area contributed by atoms with Gasteiger partial charge in [0.15, 0.2) is 0 Å². The van der Waals surface area contributed by atoms with Crippen LogP contribution in [0.3, 0.4) is 0 Å². The number of ether oxygens (including phenoxy) is 6. The molecular formula is C36H50Br2N2O10. The number of benzene rings is 2. The second kappa shape index (κ2) is 20.6. The van der Waals surface area contributed by atoms with Crippen LogP contribution in [0.4, 0.5) is 9.59 Å². The number of amides is 2. The minimum Gasteiger partial charge on any atom is -0.464 e. The molecule has 0 spiro atoms. The molecule has 0 unspecified atom stereocenters. The van der Waals surface area contributed by atoms with Crippen molar-refractivity contribution < 1.29 is 47.6 Å². The van der Waals surface area contributed by atoms with Gasteiger partial charge >= 0.3 is 24.1 Å². The van der Waals surface area contributed by atoms with Gasteiger partial charge in [0.05, 0.1) is 13.2 Å². The van der Waals surface area contributed by atoms with E-state index in [1.807, 2.05) is 48.5 Å². The van der Waals surface area contributed by atoms with Crippen molar-refractivity contribution in [1.29, 1.82) is 0 Å². The number of carbonyl (C=O) groups excluding carboxylic acids is 4. The van der Waals surface area contributed by atoms with E-state index in [2.05, 4.69) is 31.9 Å². The predicted octanol–water partition coefficient (Wildman–Crippen LogP) is 7.28. The summed E-state index contributed by atoms with van der Waals surface area (Å²) in [6.07, 6.45) is -0.352. The first-order valence-electron chi connectivity index (χ1n) is 16.2. The average Bonchev–Trinajstić information content (AvgIpc) is 3.02. The number of carbonyl (C=O) groups is 4. The van der Waals surface area contributed by atoms with E-state index in [9.17, 15) is 19.2 Å². The topological polar surface area (TPSA) is 130 Å². The van der Waals surface area contributed by atoms with E-state index in [0.717, 1.165) is 20.1 Å². The Morgan fingerprint density at radius 1 is 0.600 bits per heavy atom. The Kier molecular flexibility index (Phi) is 17.7. The van der Waals surface area contributed by atoms with Gasteiger partial charge in [-0.2, -0.15) is 0 Å². The molecule has 14 heteroatoms. The largest absolute Gasteiger partial charge is 0.464 e. The molecule has 278 valence electrons. The first-order valence-corrected chi connectivity index (χ1v) is 17.8. The fraction of sp³-hybridized carbons (Fsp3) is 0.556. The van der Waals surface area contributed by atoms with Gasteiger partial charge in [0.1, 0.15) is 36.7 Å². The lowest BCUT2D eigenvalue weighted by molar-refractivity contribution is -0.154. The third-order valence-electron chi connectivity index (χ3n) is 6.80. The summed E-state index contributed by atoms with van der Waals surface area (Å²) in [6, 6.07) is 12.7. The number of halogens is 2. The van der Waals surface area contributed by atoms with E-state index in [4.69, 9.17) is 28.4 Å². The van der Waals surface area contributed by atoms with Crippen molar-refractivity contribution >= 4 is 56.0 Å². The molecule has 0 aliphatic heterocycles. The maximum absolute atomic E-state index is 13.4. The van der Waals surface area contributed by atoms with Crippen LogP contribution in [0.5, 0.6) is 0 Å². The fourth-order valence-electron chi connectivity index (χ4n) is 4.53. The molecule has 0 saturated heterocycles. The molecule has 50 heavy (non-hydrogen) atoms. The van der Waals surface area contributed by atoms with Crippen LogP contribution in [0.2, 0.25) is 0 Å². The van der Waals surface area contributed by atoms with Gasteiger partial charge in [-0.15, -0.1) is 0 Å². The van der Waals surface area contributed by atoms with E-state index in [1.54, 1.807) is 41.5 Å². The van der Waals surface area contributed by atoms with Crippen molar-refractivity contribution in [3.63, 3.8) is 0 Å². The van der Waals surface area contributed by atoms with Crippen LogP contribution in [-0.4, -0.2) is 98.1 Å². The van der Waals surface area contributed by atoms with E-state index in [0.29, 0.717) is 12.8 Å². The van der Waals surface area contributed by atoms with Gasteiger partial charge in [-0.05, 0) is 89.8 Å². The smallest absolute Gasteiger partial charge is 0.412 e. The lowest BCUT2D eigenvalue weighted by Gasteiger charge is -2.32. The lowest BCUT2D eigenvalue weighted by Crippen LogP contribution is -2.50. The molecule has 12 nitrogen and oxygen atoms in total. The summed E-state index contributed by atoms with van der Waals surface area (Å²) in [4.78, 5) is 55.5. The fourth-order valence-corrected chi connectivity index (χ4v) is 5.06. The normalized spacial score (nSPS) is 12.8. The molecule has 0 bridgehead atoms. The molecule has 0 aliphatic rings. The van der Waals surface area contributed by atoms with Crippen molar-refractivity contribution in [2.45, 2.75) is 90.5 Å². The number of esters is 2. The Bertz CT molecular complexity index is 1270. The lowest BCUT2D eigenvalue weighted by atomic mass is 10.1. The zero-order chi connectivity index (χ0) is 37.5. The van der Waals surface area contributed by atoms with Gasteiger partial charge < -0.3 is 28.4 Å². The summed E-state index contributed by atoms with van der Waals surface area (Å²) in [5.74, 6) is -1.26. The van der Waals surface area contributed by atoms with Crippen molar-refractivity contribution in [1.82, 2.24) is 9.80 Å². The molecule has 0 aromatic heterocycles. The molecule has 0 radical (unpaired) electrons. The Balaban J connectivity index is 2.09. The minimum absolute atomic E-state index is 0.0123. The van der Waals surface area contributed by atoms with Crippen LogP contribution in [0, 0.1) is 0 Å². The number of hydrogen-bond acceptors (Lipinski definition) is 10. The molecule has 0 aliphatic carbocycles. The molecule has 0 saturated carbocycles. The SMILES string of the molecule is COCN(C(=O)OC(C)(C)C)[C@@H](Cc1ccc(Br)cc1)C(=O)OCCCCOC(=O)[C@H](Cc1ccc(Br)cc1)N(COC)C(=O)OC(C)(C)C. The Morgan fingerprint density at radius 3 is 1.20 bits per heavy atom. The number of nitrogens with zero attached hydrogens (tertiary/aromatic N) is 2. The van der Waals surface area contributed by atoms with Gasteiger partial charge in [0.2, 0.25) is 0 Å². The number of unbranched alkanes of at least 4 members (excludes halogenated alkanes) is 1. The molecule has 2 aromatic carbocycles. The Hall–Kier alpha value is -3.20. The van der Waals surface area contributed by atoms with Crippen LogP contribution in [-0.2, 0) is 50.9 Å². The highest BCUT2D eigenvalue weighted by atomic mass is 79.9. The first-order chi connectivity index (χ1) is 23.4. The number of hydrogen-bond donors (Lipinski definition) is 0. The molecule has 0 N–H and O–H groups in total. The third kappa shape index (κ3) is 15.8. The maximum atomic E-state index is 13.4. The molecule has 2 rings (SSSR count). The highest BCUT2D eigenvalue weighted by molar-refractivity contribution is 9.10. The molecule has 0 fully saturated rings. The zero-order valence-electron chi connectivity index (χ0n) is 30.2. The highest BCUT2D eigenvalue weighted by Gasteiger charge is 2.36. The van der Waals surface area contributed by atoms with Crippen LogP contribution in [0.1, 0.15) is 65.5 Å². The molecule has 2 atom stereocenters. The van der Waals surface area contributed by atoms with Gasteiger partial charge in [-0.3, -0.25) is 9.80 Å². The summed E-state index contributed by atoms with van der Waals surface area (Å²) >= 11 is 6.82. The van der Waals surface area contributed by atoms with Gasteiger partial charge in [-0.1, -0.05) is 56.1 Å². The Morgan fingerprint density at radius 2 is 0.920 bits per heavy atom. The molecule has 0 heterocycles. The predicted molar refractivity (Wildman–Crippen MR) is 194 cm³/mol. The third-order valence-corrected chi connectivity index (χ3v) is 7.86. The summed E-state index contributed by atoms with van der Waals surface area (Å²) in [7, 11) is 2.85. The first kappa shape index (κ1) is 43.0. The summed E-state index contributed by atoms with van der Waals surface area (Å²) in [5.41, 5.74) is 0.0194. The summed E-state index contributed by atoms with van der Waals surface area (Å²) < 4.78 is 34.6. The zero-order valence-corrected chi connectivity index (χ0v) is 33.3. The van der Waals surface area contributed by atoms with Gasteiger partial charge in [-0.25, -0.2) is 19.2 Å². The van der Waals surface area contributed by atoms with E-state index < -0.39 is 47.4 Å². The minimum atomic E-state index is -1.03. The maximum Gasteiger partial charge on any atom is 0.412 e. The van der Waals surface area contributed by atoms with E-state index in [1.165, 1.54) is 24.0 Å². The van der Waals surface area contributed by atoms with Crippen LogP contribution < -0.4 is 0 Å². The number of rotatable bonds is 17. The monoisotopic (exact) mass is 828 g/mol. The molecule has 2 amide bonds. The second-order valence-corrected chi connectivity index (χ2v) is 15.3. The standard InChI is InChI=1S/C36H50Br2N2O10/c1-35(2,3)49-33(43)39(23-45-7)29(21-25-11-15-27(37)16-12-25)31(41)47-19-9-10-20-48-32(42)30(22-26-13-17-28(38)18-14-26)40(24-46-8)34(44)50-36(4,5)6/h11-18,29-30H,9-10,19-24H2,1-8H3/t29-,30-/m0/s1. The average molecular weight is 831 g/mol. The van der Waals surface area contributed by atoms with Crippen LogP contribution in [0.25, 0.3) is 0 Å².